The summed E-state index contributed by atoms with van der Waals surface area (Å²) in [5.41, 5.74) is 0. The van der Waals surface area contributed by atoms with E-state index >= 15 is 0 Å². The lowest BCUT2D eigenvalue weighted by Gasteiger charge is -2.21. The van der Waals surface area contributed by atoms with Crippen molar-refractivity contribution in [1.82, 2.24) is 4.90 Å². The van der Waals surface area contributed by atoms with Gasteiger partial charge in [-0.3, -0.25) is 9.69 Å². The van der Waals surface area contributed by atoms with E-state index in [0.29, 0.717) is 39.4 Å². The Labute approximate surface area is 121 Å². The fourth-order valence-electron chi connectivity index (χ4n) is 1.54. The van der Waals surface area contributed by atoms with Crippen molar-refractivity contribution >= 4 is 5.97 Å². The molecule has 0 aliphatic rings. The maximum Gasteiger partial charge on any atom is 0.307 e. The first kappa shape index (κ1) is 18.8. The molecule has 0 aromatic carbocycles. The third-order valence-corrected chi connectivity index (χ3v) is 2.62. The average Bonchev–Trinajstić information content (AvgIpc) is 2.45. The van der Waals surface area contributed by atoms with Crippen LogP contribution in [0.1, 0.15) is 26.7 Å². The van der Waals surface area contributed by atoms with Gasteiger partial charge in [0.05, 0.1) is 32.1 Å². The van der Waals surface area contributed by atoms with Gasteiger partial charge in [-0.2, -0.15) is 5.26 Å². The van der Waals surface area contributed by atoms with Crippen LogP contribution in [0, 0.1) is 11.3 Å². The van der Waals surface area contributed by atoms with Gasteiger partial charge in [0.1, 0.15) is 6.61 Å². The van der Waals surface area contributed by atoms with Gasteiger partial charge in [-0.05, 0) is 13.8 Å². The van der Waals surface area contributed by atoms with Crippen LogP contribution < -0.4 is 0 Å². The van der Waals surface area contributed by atoms with Crippen molar-refractivity contribution in [1.29, 1.82) is 5.26 Å². The van der Waals surface area contributed by atoms with Crippen LogP contribution in [0.3, 0.4) is 0 Å². The second kappa shape index (κ2) is 14.3. The molecule has 0 amide bonds. The fraction of sp³-hybridized carbons (Fsp3) is 0.857. The molecule has 0 saturated carbocycles. The van der Waals surface area contributed by atoms with Gasteiger partial charge < -0.3 is 14.2 Å². The molecule has 0 N–H and O–H groups in total. The van der Waals surface area contributed by atoms with Crippen molar-refractivity contribution in [3.8, 4) is 6.07 Å². The molecule has 0 rings (SSSR count). The Kier molecular flexibility index (Phi) is 13.4. The van der Waals surface area contributed by atoms with Crippen molar-refractivity contribution in [3.63, 3.8) is 0 Å². The molecular weight excluding hydrogens is 260 g/mol. The molecule has 0 aromatic rings. The number of nitrogens with zero attached hydrogens (tertiary/aromatic N) is 2. The number of esters is 1. The molecule has 0 saturated heterocycles. The third kappa shape index (κ3) is 11.9. The van der Waals surface area contributed by atoms with Crippen LogP contribution >= 0.6 is 0 Å². The van der Waals surface area contributed by atoms with Gasteiger partial charge in [-0.25, -0.2) is 0 Å². The van der Waals surface area contributed by atoms with Gasteiger partial charge >= 0.3 is 5.97 Å². The Balaban J connectivity index is 3.87. The van der Waals surface area contributed by atoms with E-state index < -0.39 is 0 Å². The van der Waals surface area contributed by atoms with E-state index in [9.17, 15) is 4.79 Å². The first-order valence-corrected chi connectivity index (χ1v) is 7.15. The molecule has 0 aromatic heterocycles. The fourth-order valence-corrected chi connectivity index (χ4v) is 1.54. The quantitative estimate of drug-likeness (QED) is 0.374. The molecule has 0 unspecified atom stereocenters. The van der Waals surface area contributed by atoms with Gasteiger partial charge in [-0.1, -0.05) is 0 Å². The van der Waals surface area contributed by atoms with Crippen LogP contribution in [0.15, 0.2) is 0 Å². The second-order valence-electron chi connectivity index (χ2n) is 4.11. The summed E-state index contributed by atoms with van der Waals surface area (Å²) in [7, 11) is 0. The van der Waals surface area contributed by atoms with E-state index in [1.807, 2.05) is 19.9 Å². The average molecular weight is 286 g/mol. The number of nitriles is 1. The summed E-state index contributed by atoms with van der Waals surface area (Å²) in [5, 5.41) is 8.36. The minimum atomic E-state index is -0.266. The minimum Gasteiger partial charge on any atom is -0.465 e. The van der Waals surface area contributed by atoms with E-state index in [4.69, 9.17) is 19.5 Å². The van der Waals surface area contributed by atoms with Gasteiger partial charge in [0.25, 0.3) is 0 Å². The molecule has 0 aliphatic heterocycles. The summed E-state index contributed by atoms with van der Waals surface area (Å²) < 4.78 is 15.6. The first-order chi connectivity index (χ1) is 9.74. The number of rotatable bonds is 13. The number of hydrogen-bond acceptors (Lipinski definition) is 6. The normalized spacial score (nSPS) is 10.5. The largest absolute Gasteiger partial charge is 0.465 e. The molecular formula is C14H26N2O4. The Bertz CT molecular complexity index is 269. The van der Waals surface area contributed by atoms with Crippen LogP contribution in [0.5, 0.6) is 0 Å². The first-order valence-electron chi connectivity index (χ1n) is 7.15. The van der Waals surface area contributed by atoms with E-state index in [1.165, 1.54) is 0 Å². The van der Waals surface area contributed by atoms with Gasteiger partial charge in [0, 0.05) is 32.8 Å². The van der Waals surface area contributed by atoms with E-state index in [-0.39, 0.29) is 19.0 Å². The third-order valence-electron chi connectivity index (χ3n) is 2.62. The van der Waals surface area contributed by atoms with Crippen LogP contribution in [0.4, 0.5) is 0 Å². The molecule has 6 nitrogen and oxygen atoms in total. The summed E-state index contributed by atoms with van der Waals surface area (Å²) in [6.45, 7) is 8.91. The highest BCUT2D eigenvalue weighted by Crippen LogP contribution is 1.96. The lowest BCUT2D eigenvalue weighted by Crippen LogP contribution is -2.33. The summed E-state index contributed by atoms with van der Waals surface area (Å²) in [6.07, 6.45) is 0.563. The molecule has 20 heavy (non-hydrogen) atoms. The molecule has 0 heterocycles. The van der Waals surface area contributed by atoms with Crippen molar-refractivity contribution in [2.24, 2.45) is 0 Å². The van der Waals surface area contributed by atoms with E-state index in [2.05, 4.69) is 4.90 Å². The van der Waals surface area contributed by atoms with Gasteiger partial charge in [-0.15, -0.1) is 0 Å². The second-order valence-corrected chi connectivity index (χ2v) is 4.11. The van der Waals surface area contributed by atoms with Crippen LogP contribution in [0.25, 0.3) is 0 Å². The molecule has 116 valence electrons. The van der Waals surface area contributed by atoms with Crippen LogP contribution in [-0.4, -0.2) is 63.5 Å². The maximum absolute atomic E-state index is 11.5. The summed E-state index contributed by atoms with van der Waals surface area (Å²) in [6, 6.07) is 1.94. The summed E-state index contributed by atoms with van der Waals surface area (Å²) >= 11 is 0. The van der Waals surface area contributed by atoms with Crippen molar-refractivity contribution in [2.75, 3.05) is 52.7 Å². The molecule has 0 spiro atoms. The van der Waals surface area contributed by atoms with Gasteiger partial charge in [0.2, 0.25) is 0 Å². The van der Waals surface area contributed by atoms with E-state index in [1.54, 1.807) is 0 Å². The van der Waals surface area contributed by atoms with Crippen LogP contribution in [-0.2, 0) is 19.0 Å². The predicted octanol–water partition coefficient (Wildman–Crippen LogP) is 1.21. The monoisotopic (exact) mass is 286 g/mol. The van der Waals surface area contributed by atoms with Crippen molar-refractivity contribution in [3.05, 3.63) is 0 Å². The highest BCUT2D eigenvalue weighted by molar-refractivity contribution is 5.69. The van der Waals surface area contributed by atoms with Crippen molar-refractivity contribution < 1.29 is 19.0 Å². The lowest BCUT2D eigenvalue weighted by atomic mass is 10.3. The Morgan fingerprint density at radius 1 is 1.05 bits per heavy atom. The molecule has 0 radical (unpaired) electrons. The number of ether oxygens (including phenoxy) is 3. The number of carbonyl (C=O) groups excluding carboxylic acids is 1. The summed E-state index contributed by atoms with van der Waals surface area (Å²) in [5.74, 6) is -0.266. The predicted molar refractivity (Wildman–Crippen MR) is 75.2 cm³/mol. The van der Waals surface area contributed by atoms with E-state index in [0.717, 1.165) is 13.1 Å². The zero-order valence-corrected chi connectivity index (χ0v) is 12.6. The highest BCUT2D eigenvalue weighted by Gasteiger charge is 2.09. The lowest BCUT2D eigenvalue weighted by molar-refractivity contribution is -0.143. The zero-order chi connectivity index (χ0) is 15.1. The smallest absolute Gasteiger partial charge is 0.307 e. The maximum atomic E-state index is 11.5. The highest BCUT2D eigenvalue weighted by atomic mass is 16.5. The standard InChI is InChI=1S/C14H26N2O4/c1-3-18-12-9-16(10-13-19-4-2)8-6-14(17)20-11-5-7-15/h3-6,8-13H2,1-2H3. The molecule has 0 aliphatic carbocycles. The Morgan fingerprint density at radius 3 is 2.15 bits per heavy atom. The van der Waals surface area contributed by atoms with Crippen molar-refractivity contribution in [2.45, 2.75) is 26.7 Å². The van der Waals surface area contributed by atoms with Crippen LogP contribution in [0.2, 0.25) is 0 Å². The molecule has 6 heteroatoms. The number of carbonyl (C=O) groups is 1. The SMILES string of the molecule is CCOCCN(CCOCC)CCC(=O)OCCC#N. The minimum absolute atomic E-state index is 0.174. The Hall–Kier alpha value is -1.16. The summed E-state index contributed by atoms with van der Waals surface area (Å²) in [4.78, 5) is 13.6. The topological polar surface area (TPSA) is 71.8 Å². The molecule has 0 fully saturated rings. The molecule has 0 atom stereocenters. The van der Waals surface area contributed by atoms with Gasteiger partial charge in [0.15, 0.2) is 0 Å². The number of hydrogen-bond donors (Lipinski definition) is 0. The Morgan fingerprint density at radius 2 is 1.65 bits per heavy atom. The molecule has 0 bridgehead atoms. The zero-order valence-electron chi connectivity index (χ0n) is 12.6.